The smallest absolute Gasteiger partial charge is 0.261 e. The van der Waals surface area contributed by atoms with Gasteiger partial charge in [-0.1, -0.05) is 25.1 Å². The largest absolute Gasteiger partial charge is 0.490 e. The minimum Gasteiger partial charge on any atom is -0.490 e. The zero-order valence-electron chi connectivity index (χ0n) is 11.4. The highest BCUT2D eigenvalue weighted by atomic mass is 16.5. The second kappa shape index (κ2) is 7.22. The van der Waals surface area contributed by atoms with Crippen molar-refractivity contribution >= 4 is 12.0 Å². The number of para-hydroxylation sites is 1. The van der Waals surface area contributed by atoms with Crippen molar-refractivity contribution in [2.75, 3.05) is 7.05 Å². The fourth-order valence-corrected chi connectivity index (χ4v) is 1.45. The first kappa shape index (κ1) is 14.8. The van der Waals surface area contributed by atoms with Gasteiger partial charge in [0.15, 0.2) is 0 Å². The summed E-state index contributed by atoms with van der Waals surface area (Å²) in [6.07, 6.45) is 2.51. The lowest BCUT2D eigenvalue weighted by atomic mass is 10.1. The second-order valence-electron chi connectivity index (χ2n) is 4.12. The first-order valence-electron chi connectivity index (χ1n) is 6.21. The van der Waals surface area contributed by atoms with Gasteiger partial charge in [-0.2, -0.15) is 5.26 Å². The lowest BCUT2D eigenvalue weighted by Crippen LogP contribution is -2.19. The topological polar surface area (TPSA) is 62.1 Å². The maximum Gasteiger partial charge on any atom is 0.261 e. The van der Waals surface area contributed by atoms with Crippen LogP contribution in [0.1, 0.15) is 25.8 Å². The highest BCUT2D eigenvalue weighted by molar-refractivity contribution is 6.01. The summed E-state index contributed by atoms with van der Waals surface area (Å²) in [6.45, 7) is 4.01. The summed E-state index contributed by atoms with van der Waals surface area (Å²) >= 11 is 0. The monoisotopic (exact) mass is 258 g/mol. The van der Waals surface area contributed by atoms with Gasteiger partial charge in [-0.15, -0.1) is 0 Å². The highest BCUT2D eigenvalue weighted by Gasteiger charge is 2.10. The van der Waals surface area contributed by atoms with Crippen LogP contribution in [0.2, 0.25) is 0 Å². The van der Waals surface area contributed by atoms with Crippen molar-refractivity contribution in [1.29, 1.82) is 5.26 Å². The highest BCUT2D eigenvalue weighted by Crippen LogP contribution is 2.22. The fraction of sp³-hybridized carbons (Fsp3) is 0.333. The van der Waals surface area contributed by atoms with Gasteiger partial charge in [-0.25, -0.2) is 0 Å². The quantitative estimate of drug-likeness (QED) is 0.652. The summed E-state index contributed by atoms with van der Waals surface area (Å²) in [5.74, 6) is 0.273. The molecule has 0 aliphatic rings. The van der Waals surface area contributed by atoms with Crippen LogP contribution in [0.4, 0.5) is 0 Å². The third kappa shape index (κ3) is 4.14. The molecule has 0 aliphatic heterocycles. The molecular formula is C15H18N2O2. The molecule has 1 aromatic carbocycles. The fourth-order valence-electron chi connectivity index (χ4n) is 1.45. The van der Waals surface area contributed by atoms with Gasteiger partial charge in [0, 0.05) is 12.6 Å². The number of likely N-dealkylation sites (N-methyl/N-ethyl adjacent to an activating group) is 1. The zero-order chi connectivity index (χ0) is 14.3. The maximum absolute atomic E-state index is 11.5. The number of benzene rings is 1. The van der Waals surface area contributed by atoms with Crippen LogP contribution in [0.25, 0.3) is 6.08 Å². The molecular weight excluding hydrogens is 240 g/mol. The van der Waals surface area contributed by atoms with Crippen LogP contribution in [0.3, 0.4) is 0 Å². The number of carbonyl (C=O) groups is 1. The van der Waals surface area contributed by atoms with Gasteiger partial charge in [0.05, 0.1) is 6.10 Å². The van der Waals surface area contributed by atoms with E-state index >= 15 is 0 Å². The molecule has 0 aromatic heterocycles. The summed E-state index contributed by atoms with van der Waals surface area (Å²) in [7, 11) is 1.50. The van der Waals surface area contributed by atoms with E-state index in [9.17, 15) is 4.79 Å². The van der Waals surface area contributed by atoms with E-state index in [0.29, 0.717) is 5.75 Å². The first-order valence-corrected chi connectivity index (χ1v) is 6.21. The third-order valence-corrected chi connectivity index (χ3v) is 2.71. The Balaban J connectivity index is 3.10. The van der Waals surface area contributed by atoms with Crippen molar-refractivity contribution in [3.63, 3.8) is 0 Å². The van der Waals surface area contributed by atoms with Gasteiger partial charge in [0.1, 0.15) is 17.4 Å². The number of nitriles is 1. The standard InChI is InChI=1S/C15H18N2O2/c1-4-11(2)19-14-8-6-5-7-12(14)9-13(10-16)15(18)17-3/h5-9,11H,4H2,1-3H3,(H,17,18)/b13-9+/t11-/m1/s1. The minimum absolute atomic E-state index is 0.0581. The lowest BCUT2D eigenvalue weighted by Gasteiger charge is -2.14. The Morgan fingerprint density at radius 3 is 2.79 bits per heavy atom. The van der Waals surface area contributed by atoms with E-state index in [4.69, 9.17) is 10.00 Å². The van der Waals surface area contributed by atoms with Crippen molar-refractivity contribution in [2.45, 2.75) is 26.4 Å². The van der Waals surface area contributed by atoms with Crippen molar-refractivity contribution in [3.05, 3.63) is 35.4 Å². The van der Waals surface area contributed by atoms with Crippen LogP contribution in [0, 0.1) is 11.3 Å². The number of ether oxygens (including phenoxy) is 1. The SMILES string of the molecule is CC[C@@H](C)Oc1ccccc1/C=C(\C#N)C(=O)NC. The Morgan fingerprint density at radius 1 is 1.53 bits per heavy atom. The number of hydrogen-bond donors (Lipinski definition) is 1. The number of hydrogen-bond acceptors (Lipinski definition) is 3. The molecule has 1 amide bonds. The van der Waals surface area contributed by atoms with Gasteiger partial charge in [-0.3, -0.25) is 4.79 Å². The van der Waals surface area contributed by atoms with Crippen LogP contribution < -0.4 is 10.1 Å². The molecule has 1 rings (SSSR count). The third-order valence-electron chi connectivity index (χ3n) is 2.71. The maximum atomic E-state index is 11.5. The van der Waals surface area contributed by atoms with E-state index in [1.807, 2.05) is 44.2 Å². The molecule has 4 nitrogen and oxygen atoms in total. The molecule has 0 heterocycles. The van der Waals surface area contributed by atoms with Crippen molar-refractivity contribution in [2.24, 2.45) is 0 Å². The molecule has 1 aromatic rings. The van der Waals surface area contributed by atoms with Crippen molar-refractivity contribution in [1.82, 2.24) is 5.32 Å². The summed E-state index contributed by atoms with van der Waals surface area (Å²) in [4.78, 5) is 11.5. The molecule has 4 heteroatoms. The summed E-state index contributed by atoms with van der Waals surface area (Å²) in [5.41, 5.74) is 0.783. The Bertz CT molecular complexity index is 515. The molecule has 0 saturated carbocycles. The molecule has 0 bridgehead atoms. The van der Waals surface area contributed by atoms with Gasteiger partial charge >= 0.3 is 0 Å². The minimum atomic E-state index is -0.402. The van der Waals surface area contributed by atoms with E-state index in [1.54, 1.807) is 0 Å². The number of nitrogens with zero attached hydrogens (tertiary/aromatic N) is 1. The first-order chi connectivity index (χ1) is 9.12. The molecule has 19 heavy (non-hydrogen) atoms. The molecule has 0 spiro atoms. The normalized spacial score (nSPS) is 12.4. The van der Waals surface area contributed by atoms with Crippen LogP contribution in [0.15, 0.2) is 29.8 Å². The summed E-state index contributed by atoms with van der Waals surface area (Å²) in [5, 5.41) is 11.4. The molecule has 100 valence electrons. The number of rotatable bonds is 5. The van der Waals surface area contributed by atoms with Gasteiger partial charge < -0.3 is 10.1 Å². The molecule has 1 N–H and O–H groups in total. The average Bonchev–Trinajstić information content (AvgIpc) is 2.45. The molecule has 1 atom stereocenters. The van der Waals surface area contributed by atoms with Gasteiger partial charge in [-0.05, 0) is 25.5 Å². The Morgan fingerprint density at radius 2 is 2.21 bits per heavy atom. The zero-order valence-corrected chi connectivity index (χ0v) is 11.4. The van der Waals surface area contributed by atoms with Gasteiger partial charge in [0.2, 0.25) is 0 Å². The van der Waals surface area contributed by atoms with Crippen LogP contribution in [0.5, 0.6) is 5.75 Å². The average molecular weight is 258 g/mol. The molecule has 0 fully saturated rings. The molecule has 0 unspecified atom stereocenters. The predicted octanol–water partition coefficient (Wildman–Crippen LogP) is 2.52. The van der Waals surface area contributed by atoms with E-state index < -0.39 is 5.91 Å². The molecule has 0 radical (unpaired) electrons. The van der Waals surface area contributed by atoms with Crippen LogP contribution in [-0.2, 0) is 4.79 Å². The second-order valence-corrected chi connectivity index (χ2v) is 4.12. The van der Waals surface area contributed by atoms with E-state index in [1.165, 1.54) is 13.1 Å². The predicted molar refractivity (Wildman–Crippen MR) is 74.5 cm³/mol. The van der Waals surface area contributed by atoms with E-state index in [2.05, 4.69) is 5.32 Å². The lowest BCUT2D eigenvalue weighted by molar-refractivity contribution is -0.116. The Hall–Kier alpha value is -2.28. The number of nitrogens with one attached hydrogen (secondary N) is 1. The van der Waals surface area contributed by atoms with E-state index in [-0.39, 0.29) is 11.7 Å². The van der Waals surface area contributed by atoms with Crippen molar-refractivity contribution in [3.8, 4) is 11.8 Å². The molecule has 0 saturated heterocycles. The van der Waals surface area contributed by atoms with Crippen LogP contribution in [-0.4, -0.2) is 19.1 Å². The van der Waals surface area contributed by atoms with Crippen molar-refractivity contribution < 1.29 is 9.53 Å². The number of amides is 1. The van der Waals surface area contributed by atoms with Crippen LogP contribution >= 0.6 is 0 Å². The summed E-state index contributed by atoms with van der Waals surface area (Å²) < 4.78 is 5.77. The Kier molecular flexibility index (Phi) is 5.62. The summed E-state index contributed by atoms with van der Waals surface area (Å²) in [6, 6.07) is 9.24. The molecule has 0 aliphatic carbocycles. The number of carbonyl (C=O) groups excluding carboxylic acids is 1. The van der Waals surface area contributed by atoms with E-state index in [0.717, 1.165) is 12.0 Å². The Labute approximate surface area is 113 Å². The van der Waals surface area contributed by atoms with Gasteiger partial charge in [0.25, 0.3) is 5.91 Å².